The van der Waals surface area contributed by atoms with Crippen LogP contribution < -0.4 is 0 Å². The molecule has 4 aromatic heterocycles. The lowest BCUT2D eigenvalue weighted by molar-refractivity contribution is 1.08. The highest BCUT2D eigenvalue weighted by atomic mass is 15.1. The summed E-state index contributed by atoms with van der Waals surface area (Å²) < 4.78 is 4.63. The van der Waals surface area contributed by atoms with Crippen LogP contribution in [0.4, 0.5) is 0 Å². The molecule has 0 aliphatic rings. The number of hydrogen-bond donors (Lipinski definition) is 0. The first-order valence-corrected chi connectivity index (χ1v) is 16.9. The molecule has 10 aromatic rings. The van der Waals surface area contributed by atoms with Gasteiger partial charge in [0.1, 0.15) is 5.82 Å². The lowest BCUT2D eigenvalue weighted by Crippen LogP contribution is -1.99. The number of nitrogens with zero attached hydrogens (tertiary/aromatic N) is 4. The molecule has 10 rings (SSSR count). The van der Waals surface area contributed by atoms with E-state index >= 15 is 0 Å². The smallest absolute Gasteiger partial charge is 0.138 e. The Morgan fingerprint density at radius 1 is 0.300 bits per heavy atom. The van der Waals surface area contributed by atoms with Crippen LogP contribution >= 0.6 is 0 Å². The minimum absolute atomic E-state index is 0.827. The average Bonchev–Trinajstić information content (AvgIpc) is 3.71. The Morgan fingerprint density at radius 3 is 1.36 bits per heavy atom. The van der Waals surface area contributed by atoms with E-state index in [1.165, 1.54) is 32.6 Å². The van der Waals surface area contributed by atoms with E-state index < -0.39 is 0 Å². The molecular formula is C46H30N4. The molecule has 0 N–H and O–H groups in total. The number of pyridine rings is 2. The van der Waals surface area contributed by atoms with Gasteiger partial charge in [0.2, 0.25) is 0 Å². The molecule has 0 unspecified atom stereocenters. The number of benzene rings is 6. The lowest BCUT2D eigenvalue weighted by atomic mass is 10.00. The molecule has 0 spiro atoms. The zero-order valence-corrected chi connectivity index (χ0v) is 27.1. The van der Waals surface area contributed by atoms with Crippen LogP contribution in [0.3, 0.4) is 0 Å². The number of rotatable bonds is 5. The Labute approximate surface area is 289 Å². The highest BCUT2D eigenvalue weighted by molar-refractivity contribution is 6.10. The Bertz CT molecular complexity index is 2770. The molecule has 0 aliphatic carbocycles. The first-order chi connectivity index (χ1) is 24.8. The van der Waals surface area contributed by atoms with E-state index in [4.69, 9.17) is 9.97 Å². The van der Waals surface area contributed by atoms with Crippen LogP contribution in [-0.4, -0.2) is 19.1 Å². The molecule has 0 atom stereocenters. The largest absolute Gasteiger partial charge is 0.309 e. The third-order valence-electron chi connectivity index (χ3n) is 9.71. The fourth-order valence-corrected chi connectivity index (χ4v) is 7.48. The van der Waals surface area contributed by atoms with Crippen LogP contribution in [0.1, 0.15) is 0 Å². The van der Waals surface area contributed by atoms with Gasteiger partial charge >= 0.3 is 0 Å². The molecule has 0 amide bonds. The zero-order chi connectivity index (χ0) is 33.0. The van der Waals surface area contributed by atoms with Crippen molar-refractivity contribution in [2.75, 3.05) is 0 Å². The van der Waals surface area contributed by atoms with Crippen molar-refractivity contribution in [3.8, 4) is 45.3 Å². The summed E-state index contributed by atoms with van der Waals surface area (Å²) >= 11 is 0. The summed E-state index contributed by atoms with van der Waals surface area (Å²) in [4.78, 5) is 10.5. The maximum atomic E-state index is 5.26. The van der Waals surface area contributed by atoms with E-state index in [2.05, 4.69) is 185 Å². The van der Waals surface area contributed by atoms with Crippen LogP contribution in [-0.2, 0) is 0 Å². The van der Waals surface area contributed by atoms with Gasteiger partial charge in [0, 0.05) is 32.8 Å². The summed E-state index contributed by atoms with van der Waals surface area (Å²) in [6.45, 7) is 0. The van der Waals surface area contributed by atoms with Crippen molar-refractivity contribution in [2.24, 2.45) is 0 Å². The van der Waals surface area contributed by atoms with Crippen molar-refractivity contribution in [3.63, 3.8) is 0 Å². The zero-order valence-electron chi connectivity index (χ0n) is 27.1. The van der Waals surface area contributed by atoms with Crippen LogP contribution in [0.25, 0.3) is 88.9 Å². The standard InChI is InChI=1S/C46H30N4/c1-2-14-31(15-3-1)32-28-33(30-34(29-32)49-42-23-8-4-16-35(42)36-17-5-9-24-43(36)49)39-20-12-21-40(47-39)41-22-13-27-46(48-41)50-44-25-10-6-18-37(44)38-19-7-11-26-45(38)50/h1-30H. The number of hydrogen-bond acceptors (Lipinski definition) is 2. The summed E-state index contributed by atoms with van der Waals surface area (Å²) in [5, 5.41) is 4.91. The van der Waals surface area contributed by atoms with Crippen LogP contribution in [0.15, 0.2) is 182 Å². The highest BCUT2D eigenvalue weighted by Gasteiger charge is 2.16. The normalized spacial score (nSPS) is 11.6. The van der Waals surface area contributed by atoms with Crippen molar-refractivity contribution < 1.29 is 0 Å². The third kappa shape index (κ3) is 4.54. The van der Waals surface area contributed by atoms with Gasteiger partial charge in [-0.25, -0.2) is 9.97 Å². The fraction of sp³-hybridized carbons (Fsp3) is 0. The monoisotopic (exact) mass is 638 g/mol. The summed E-state index contributed by atoms with van der Waals surface area (Å²) in [5.74, 6) is 0.867. The Morgan fingerprint density at radius 2 is 0.760 bits per heavy atom. The molecule has 0 bridgehead atoms. The molecule has 234 valence electrons. The molecule has 0 saturated carbocycles. The molecule has 0 saturated heterocycles. The van der Waals surface area contributed by atoms with E-state index in [1.807, 2.05) is 6.07 Å². The van der Waals surface area contributed by atoms with Gasteiger partial charge in [-0.2, -0.15) is 0 Å². The van der Waals surface area contributed by atoms with Crippen molar-refractivity contribution in [1.29, 1.82) is 0 Å². The van der Waals surface area contributed by atoms with Crippen molar-refractivity contribution in [3.05, 3.63) is 182 Å². The number of fused-ring (bicyclic) bond motifs is 6. The summed E-state index contributed by atoms with van der Waals surface area (Å²) in [7, 11) is 0. The molecule has 50 heavy (non-hydrogen) atoms. The van der Waals surface area contributed by atoms with Crippen LogP contribution in [0, 0.1) is 0 Å². The van der Waals surface area contributed by atoms with Gasteiger partial charge < -0.3 is 4.57 Å². The quantitative estimate of drug-likeness (QED) is 0.188. The van der Waals surface area contributed by atoms with Gasteiger partial charge in [-0.05, 0) is 77.9 Å². The molecule has 4 nitrogen and oxygen atoms in total. The van der Waals surface area contributed by atoms with Gasteiger partial charge in [0.05, 0.1) is 39.1 Å². The van der Waals surface area contributed by atoms with Gasteiger partial charge in [-0.3, -0.25) is 4.57 Å². The lowest BCUT2D eigenvalue weighted by Gasteiger charge is -2.14. The maximum absolute atomic E-state index is 5.26. The van der Waals surface area contributed by atoms with Gasteiger partial charge in [0.25, 0.3) is 0 Å². The molecule has 6 aromatic carbocycles. The molecule has 4 heteroatoms. The Balaban J connectivity index is 1.14. The maximum Gasteiger partial charge on any atom is 0.138 e. The second kappa shape index (κ2) is 11.4. The number of aromatic nitrogens is 4. The van der Waals surface area contributed by atoms with Gasteiger partial charge in [0.15, 0.2) is 0 Å². The SMILES string of the molecule is c1ccc(-c2cc(-c3cccc(-c4cccc(-n5c6ccccc6c6ccccc65)n4)n3)cc(-n3c4ccccc4c4ccccc43)c2)cc1. The Hall–Kier alpha value is -6.78. The van der Waals surface area contributed by atoms with Gasteiger partial charge in [-0.1, -0.05) is 115 Å². The minimum Gasteiger partial charge on any atom is -0.309 e. The predicted molar refractivity (Wildman–Crippen MR) is 207 cm³/mol. The highest BCUT2D eigenvalue weighted by Crippen LogP contribution is 2.36. The van der Waals surface area contributed by atoms with Gasteiger partial charge in [-0.15, -0.1) is 0 Å². The average molecular weight is 639 g/mol. The van der Waals surface area contributed by atoms with Crippen molar-refractivity contribution in [1.82, 2.24) is 19.1 Å². The molecular weight excluding hydrogens is 609 g/mol. The topological polar surface area (TPSA) is 35.6 Å². The molecule has 0 aliphatic heterocycles. The fourth-order valence-electron chi connectivity index (χ4n) is 7.48. The van der Waals surface area contributed by atoms with Crippen molar-refractivity contribution in [2.45, 2.75) is 0 Å². The van der Waals surface area contributed by atoms with E-state index in [0.29, 0.717) is 0 Å². The van der Waals surface area contributed by atoms with Crippen molar-refractivity contribution >= 4 is 43.6 Å². The predicted octanol–water partition coefficient (Wildman–Crippen LogP) is 11.7. The Kier molecular flexibility index (Phi) is 6.46. The first-order valence-electron chi connectivity index (χ1n) is 16.9. The summed E-state index contributed by atoms with van der Waals surface area (Å²) in [6, 6.07) is 64.2. The van der Waals surface area contributed by atoms with E-state index in [0.717, 1.165) is 56.3 Å². The minimum atomic E-state index is 0.827. The van der Waals surface area contributed by atoms with E-state index in [1.54, 1.807) is 0 Å². The molecule has 0 radical (unpaired) electrons. The molecule has 4 heterocycles. The third-order valence-corrected chi connectivity index (χ3v) is 9.71. The van der Waals surface area contributed by atoms with Crippen LogP contribution in [0.5, 0.6) is 0 Å². The van der Waals surface area contributed by atoms with E-state index in [9.17, 15) is 0 Å². The summed E-state index contributed by atoms with van der Waals surface area (Å²) in [5.41, 5.74) is 11.6. The summed E-state index contributed by atoms with van der Waals surface area (Å²) in [6.07, 6.45) is 0. The number of para-hydroxylation sites is 4. The van der Waals surface area contributed by atoms with Crippen LogP contribution in [0.2, 0.25) is 0 Å². The second-order valence-corrected chi connectivity index (χ2v) is 12.7. The first kappa shape index (κ1) is 28.3. The van der Waals surface area contributed by atoms with E-state index in [-0.39, 0.29) is 0 Å². The molecule has 0 fully saturated rings. The second-order valence-electron chi connectivity index (χ2n) is 12.7.